The third-order valence-corrected chi connectivity index (χ3v) is 6.31. The molecule has 2 saturated heterocycles. The molecular formula is C23H46IN5O2. The van der Waals surface area contributed by atoms with E-state index in [1.54, 1.807) is 0 Å². The second kappa shape index (κ2) is 14.5. The molecule has 2 atom stereocenters. The van der Waals surface area contributed by atoms with Crippen LogP contribution in [-0.2, 0) is 9.53 Å². The quantitative estimate of drug-likeness (QED) is 0.177. The van der Waals surface area contributed by atoms with Crippen LogP contribution in [0.4, 0.5) is 0 Å². The highest BCUT2D eigenvalue weighted by Gasteiger charge is 2.35. The predicted octanol–water partition coefficient (Wildman–Crippen LogP) is 2.98. The lowest BCUT2D eigenvalue weighted by molar-refractivity contribution is -0.123. The average molecular weight is 552 g/mol. The molecule has 0 aromatic carbocycles. The van der Waals surface area contributed by atoms with Crippen LogP contribution in [0.1, 0.15) is 66.2 Å². The van der Waals surface area contributed by atoms with E-state index >= 15 is 0 Å². The minimum Gasteiger partial charge on any atom is -0.377 e. The number of hydrogen-bond donors (Lipinski definition) is 3. The van der Waals surface area contributed by atoms with Crippen molar-refractivity contribution in [1.82, 2.24) is 15.5 Å². The first-order valence-corrected chi connectivity index (χ1v) is 12.0. The number of primary amides is 1. The van der Waals surface area contributed by atoms with E-state index in [0.717, 1.165) is 83.9 Å². The number of hydrogen-bond acceptors (Lipinski definition) is 4. The van der Waals surface area contributed by atoms with Gasteiger partial charge >= 0.3 is 0 Å². The molecule has 2 aliphatic rings. The number of aliphatic imine (C=N–C) groups is 1. The van der Waals surface area contributed by atoms with E-state index in [2.05, 4.69) is 43.2 Å². The lowest BCUT2D eigenvalue weighted by Crippen LogP contribution is -2.43. The maximum Gasteiger partial charge on any atom is 0.220 e. The summed E-state index contributed by atoms with van der Waals surface area (Å²) in [6.45, 7) is 15.4. The van der Waals surface area contributed by atoms with Gasteiger partial charge in [-0.25, -0.2) is 0 Å². The first-order chi connectivity index (χ1) is 14.3. The van der Waals surface area contributed by atoms with Gasteiger partial charge in [0.05, 0.1) is 6.10 Å². The zero-order valence-electron chi connectivity index (χ0n) is 20.1. The highest BCUT2D eigenvalue weighted by Crippen LogP contribution is 2.34. The molecule has 0 aromatic heterocycles. The van der Waals surface area contributed by atoms with Crippen molar-refractivity contribution in [2.24, 2.45) is 28.0 Å². The predicted molar refractivity (Wildman–Crippen MR) is 139 cm³/mol. The molecule has 0 aromatic rings. The molecule has 0 saturated carbocycles. The first-order valence-electron chi connectivity index (χ1n) is 12.0. The Labute approximate surface area is 206 Å². The number of nitrogens with zero attached hydrogens (tertiary/aromatic N) is 2. The molecule has 2 fully saturated rings. The SMILES string of the molecule is CCNC(=NCC1CCCOC1C(C)(C)C)NCCCCN1CCC(C(N)=O)CC1.I. The highest BCUT2D eigenvalue weighted by molar-refractivity contribution is 14.0. The fraction of sp³-hybridized carbons (Fsp3) is 0.913. The van der Waals surface area contributed by atoms with Crippen LogP contribution in [-0.4, -0.2) is 68.7 Å². The van der Waals surface area contributed by atoms with Gasteiger partial charge in [0.15, 0.2) is 5.96 Å². The van der Waals surface area contributed by atoms with Crippen molar-refractivity contribution >= 4 is 35.8 Å². The summed E-state index contributed by atoms with van der Waals surface area (Å²) in [7, 11) is 0. The van der Waals surface area contributed by atoms with Crippen LogP contribution in [0.25, 0.3) is 0 Å². The number of halogens is 1. The number of nitrogens with two attached hydrogens (primary N) is 1. The molecule has 0 aliphatic carbocycles. The molecule has 182 valence electrons. The summed E-state index contributed by atoms with van der Waals surface area (Å²) in [6, 6.07) is 0. The second-order valence-electron chi connectivity index (χ2n) is 9.93. The smallest absolute Gasteiger partial charge is 0.220 e. The zero-order chi connectivity index (χ0) is 22.0. The minimum atomic E-state index is -0.136. The van der Waals surface area contributed by atoms with Gasteiger partial charge in [0, 0.05) is 38.1 Å². The number of likely N-dealkylation sites (tertiary alicyclic amines) is 1. The Hall–Kier alpha value is -0.610. The number of amides is 1. The molecule has 2 unspecified atom stereocenters. The van der Waals surface area contributed by atoms with E-state index in [1.807, 2.05) is 0 Å². The highest BCUT2D eigenvalue weighted by atomic mass is 127. The van der Waals surface area contributed by atoms with Crippen LogP contribution in [0.15, 0.2) is 4.99 Å². The van der Waals surface area contributed by atoms with Gasteiger partial charge in [-0.3, -0.25) is 9.79 Å². The van der Waals surface area contributed by atoms with Crippen LogP contribution in [0.3, 0.4) is 0 Å². The molecule has 2 aliphatic heterocycles. The van der Waals surface area contributed by atoms with Crippen molar-refractivity contribution < 1.29 is 9.53 Å². The molecular weight excluding hydrogens is 505 g/mol. The van der Waals surface area contributed by atoms with Gasteiger partial charge in [-0.15, -0.1) is 24.0 Å². The Morgan fingerprint density at radius 3 is 2.48 bits per heavy atom. The molecule has 7 nitrogen and oxygen atoms in total. The average Bonchev–Trinajstić information content (AvgIpc) is 2.71. The molecule has 4 N–H and O–H groups in total. The van der Waals surface area contributed by atoms with Crippen molar-refractivity contribution in [2.75, 3.05) is 45.9 Å². The number of piperidine rings is 1. The monoisotopic (exact) mass is 551 g/mol. The van der Waals surface area contributed by atoms with Gasteiger partial charge in [-0.05, 0) is 70.5 Å². The number of carbonyl (C=O) groups excluding carboxylic acids is 1. The standard InChI is InChI=1S/C23H45N5O2.HI/c1-5-25-22(27-17-19-9-8-16-30-20(19)23(2,3)4)26-12-6-7-13-28-14-10-18(11-15-28)21(24)29;/h18-20H,5-17H2,1-4H3,(H2,24,29)(H2,25,26,27);1H. The first kappa shape index (κ1) is 28.4. The van der Waals surface area contributed by atoms with E-state index in [4.69, 9.17) is 15.5 Å². The molecule has 0 bridgehead atoms. The molecule has 31 heavy (non-hydrogen) atoms. The zero-order valence-corrected chi connectivity index (χ0v) is 22.5. The summed E-state index contributed by atoms with van der Waals surface area (Å²) in [6.07, 6.45) is 6.67. The molecule has 8 heteroatoms. The van der Waals surface area contributed by atoms with E-state index in [9.17, 15) is 4.79 Å². The summed E-state index contributed by atoms with van der Waals surface area (Å²) in [5.74, 6) is 1.34. The number of guanidine groups is 1. The van der Waals surface area contributed by atoms with Crippen molar-refractivity contribution in [2.45, 2.75) is 72.3 Å². The maximum absolute atomic E-state index is 11.3. The van der Waals surface area contributed by atoms with E-state index in [0.29, 0.717) is 5.92 Å². The van der Waals surface area contributed by atoms with E-state index < -0.39 is 0 Å². The summed E-state index contributed by atoms with van der Waals surface area (Å²) in [4.78, 5) is 18.6. The number of carbonyl (C=O) groups is 1. The fourth-order valence-corrected chi connectivity index (χ4v) is 4.65. The minimum absolute atomic E-state index is 0. The molecule has 0 radical (unpaired) electrons. The Morgan fingerprint density at radius 2 is 1.87 bits per heavy atom. The third kappa shape index (κ3) is 10.2. The summed E-state index contributed by atoms with van der Waals surface area (Å²) in [5, 5.41) is 6.87. The fourth-order valence-electron chi connectivity index (χ4n) is 4.65. The Balaban J connectivity index is 0.00000480. The van der Waals surface area contributed by atoms with Gasteiger partial charge in [-0.2, -0.15) is 0 Å². The number of unbranched alkanes of at least 4 members (excludes halogenated alkanes) is 1. The lowest BCUT2D eigenvalue weighted by Gasteiger charge is -2.39. The van der Waals surface area contributed by atoms with Crippen molar-refractivity contribution in [1.29, 1.82) is 0 Å². The van der Waals surface area contributed by atoms with E-state index in [-0.39, 0.29) is 47.3 Å². The number of rotatable bonds is 9. The maximum atomic E-state index is 11.3. The van der Waals surface area contributed by atoms with Gasteiger partial charge in [0.1, 0.15) is 0 Å². The molecule has 1 amide bonds. The van der Waals surface area contributed by atoms with Crippen LogP contribution in [0, 0.1) is 17.3 Å². The lowest BCUT2D eigenvalue weighted by atomic mass is 9.78. The normalized spacial score (nSPS) is 23.8. The second-order valence-corrected chi connectivity index (χ2v) is 9.93. The number of ether oxygens (including phenoxy) is 1. The van der Waals surface area contributed by atoms with Crippen LogP contribution >= 0.6 is 24.0 Å². The van der Waals surface area contributed by atoms with Gasteiger partial charge < -0.3 is 26.0 Å². The largest absolute Gasteiger partial charge is 0.377 e. The van der Waals surface area contributed by atoms with Gasteiger partial charge in [0.25, 0.3) is 0 Å². The van der Waals surface area contributed by atoms with Crippen molar-refractivity contribution in [3.8, 4) is 0 Å². The molecule has 2 rings (SSSR count). The third-order valence-electron chi connectivity index (χ3n) is 6.31. The number of nitrogens with one attached hydrogen (secondary N) is 2. The topological polar surface area (TPSA) is 92.0 Å². The summed E-state index contributed by atoms with van der Waals surface area (Å²) in [5.41, 5.74) is 5.57. The Kier molecular flexibility index (Phi) is 13.3. The van der Waals surface area contributed by atoms with Crippen molar-refractivity contribution in [3.05, 3.63) is 0 Å². The van der Waals surface area contributed by atoms with Gasteiger partial charge in [0.2, 0.25) is 5.91 Å². The Morgan fingerprint density at radius 1 is 1.16 bits per heavy atom. The van der Waals surface area contributed by atoms with Crippen LogP contribution < -0.4 is 16.4 Å². The van der Waals surface area contributed by atoms with Crippen LogP contribution in [0.2, 0.25) is 0 Å². The summed E-state index contributed by atoms with van der Waals surface area (Å²) >= 11 is 0. The molecule has 0 spiro atoms. The Bertz CT molecular complexity index is 545. The molecule has 2 heterocycles. The summed E-state index contributed by atoms with van der Waals surface area (Å²) < 4.78 is 6.10. The van der Waals surface area contributed by atoms with Crippen molar-refractivity contribution in [3.63, 3.8) is 0 Å². The van der Waals surface area contributed by atoms with Crippen LogP contribution in [0.5, 0.6) is 0 Å². The van der Waals surface area contributed by atoms with Gasteiger partial charge in [-0.1, -0.05) is 20.8 Å². The van der Waals surface area contributed by atoms with E-state index in [1.165, 1.54) is 6.42 Å².